The van der Waals surface area contributed by atoms with Gasteiger partial charge in [-0.15, -0.1) is 0 Å². The number of ether oxygens (including phenoxy) is 2. The van der Waals surface area contributed by atoms with Crippen LogP contribution < -0.4 is 5.32 Å². The average Bonchev–Trinajstić information content (AvgIpc) is 3.20. The van der Waals surface area contributed by atoms with Crippen LogP contribution in [-0.4, -0.2) is 35.9 Å². The van der Waals surface area contributed by atoms with Gasteiger partial charge in [0, 0.05) is 17.9 Å². The molecule has 4 rings (SSSR count). The first kappa shape index (κ1) is 21.7. The number of fused-ring (bicyclic) bond motifs is 1. The molecule has 4 aromatic rings. The van der Waals surface area contributed by atoms with Crippen molar-refractivity contribution in [2.75, 3.05) is 25.1 Å². The molecule has 2 aromatic carbocycles. The van der Waals surface area contributed by atoms with Crippen molar-refractivity contribution in [3.05, 3.63) is 77.5 Å². The molecule has 0 saturated carbocycles. The highest BCUT2D eigenvalue weighted by Gasteiger charge is 2.19. The molecule has 0 aliphatic heterocycles. The molecule has 0 aliphatic rings. The second-order valence-electron chi connectivity index (χ2n) is 7.27. The molecule has 2 aromatic heterocycles. The summed E-state index contributed by atoms with van der Waals surface area (Å²) in [6.07, 6.45) is 0. The lowest BCUT2D eigenvalue weighted by Crippen LogP contribution is -2.13. The molecule has 32 heavy (non-hydrogen) atoms. The Bertz CT molecular complexity index is 1200. The average molecular weight is 431 g/mol. The fourth-order valence-electron chi connectivity index (χ4n) is 3.42. The molecule has 0 unspecified atom stereocenters. The fourth-order valence-corrected chi connectivity index (χ4v) is 3.42. The summed E-state index contributed by atoms with van der Waals surface area (Å²) in [6, 6.07) is 19.0. The molecule has 0 spiro atoms. The monoisotopic (exact) mass is 431 g/mol. The first-order valence-corrected chi connectivity index (χ1v) is 10.5. The van der Waals surface area contributed by atoms with E-state index < -0.39 is 0 Å². The van der Waals surface area contributed by atoms with Crippen molar-refractivity contribution < 1.29 is 18.8 Å². The Labute approximate surface area is 186 Å². The number of rotatable bonds is 9. The summed E-state index contributed by atoms with van der Waals surface area (Å²) in [5.74, 6) is -0.254. The lowest BCUT2D eigenvalue weighted by atomic mass is 10.0. The number of pyridine rings is 1. The third kappa shape index (κ3) is 5.01. The molecule has 2 heterocycles. The van der Waals surface area contributed by atoms with Crippen LogP contribution in [0.25, 0.3) is 22.4 Å². The van der Waals surface area contributed by atoms with Crippen LogP contribution in [0.15, 0.2) is 65.2 Å². The number of aryl methyl sites for hydroxylation is 1. The minimum atomic E-state index is -0.254. The van der Waals surface area contributed by atoms with Gasteiger partial charge in [0.1, 0.15) is 0 Å². The molecule has 0 fully saturated rings. The zero-order valence-electron chi connectivity index (χ0n) is 18.1. The van der Waals surface area contributed by atoms with Crippen LogP contribution in [-0.2, 0) is 16.1 Å². The maximum Gasteiger partial charge on any atom is 0.259 e. The quantitative estimate of drug-likeness (QED) is 0.375. The van der Waals surface area contributed by atoms with Crippen LogP contribution in [0.2, 0.25) is 0 Å². The third-order valence-electron chi connectivity index (χ3n) is 4.96. The summed E-state index contributed by atoms with van der Waals surface area (Å²) in [4.78, 5) is 17.8. The number of anilines is 1. The van der Waals surface area contributed by atoms with Gasteiger partial charge in [0.05, 0.1) is 42.2 Å². The van der Waals surface area contributed by atoms with E-state index in [9.17, 15) is 4.79 Å². The van der Waals surface area contributed by atoms with Gasteiger partial charge in [-0.25, -0.2) is 4.98 Å². The summed E-state index contributed by atoms with van der Waals surface area (Å²) in [7, 11) is 0. The molecule has 0 radical (unpaired) electrons. The van der Waals surface area contributed by atoms with E-state index >= 15 is 0 Å². The lowest BCUT2D eigenvalue weighted by Gasteiger charge is -2.10. The van der Waals surface area contributed by atoms with Gasteiger partial charge in [-0.05, 0) is 37.6 Å². The Morgan fingerprint density at radius 1 is 1.03 bits per heavy atom. The maximum atomic E-state index is 13.2. The normalized spacial score (nSPS) is 11.1. The van der Waals surface area contributed by atoms with Gasteiger partial charge in [0.15, 0.2) is 0 Å². The second-order valence-corrected chi connectivity index (χ2v) is 7.27. The number of hydrogen-bond donors (Lipinski definition) is 1. The molecule has 0 saturated heterocycles. The number of nitrogens with one attached hydrogen (secondary N) is 1. The number of carbonyl (C=O) groups is 1. The predicted molar refractivity (Wildman–Crippen MR) is 123 cm³/mol. The molecule has 1 N–H and O–H groups in total. The fraction of sp³-hybridized carbons (Fsp3) is 0.240. The smallest absolute Gasteiger partial charge is 0.259 e. The van der Waals surface area contributed by atoms with Gasteiger partial charge in [0.2, 0.25) is 0 Å². The highest BCUT2D eigenvalue weighted by molar-refractivity contribution is 6.13. The number of amides is 1. The van der Waals surface area contributed by atoms with Crippen LogP contribution in [0.3, 0.4) is 0 Å². The van der Waals surface area contributed by atoms with E-state index in [1.165, 1.54) is 0 Å². The van der Waals surface area contributed by atoms with Crippen LogP contribution in [0, 0.1) is 6.92 Å². The van der Waals surface area contributed by atoms with Crippen molar-refractivity contribution in [2.24, 2.45) is 0 Å². The van der Waals surface area contributed by atoms with E-state index in [4.69, 9.17) is 14.0 Å². The van der Waals surface area contributed by atoms with Crippen molar-refractivity contribution in [3.8, 4) is 11.3 Å². The van der Waals surface area contributed by atoms with E-state index in [2.05, 4.69) is 15.5 Å². The molecule has 7 nitrogen and oxygen atoms in total. The van der Waals surface area contributed by atoms with Gasteiger partial charge in [0.25, 0.3) is 11.6 Å². The Morgan fingerprint density at radius 3 is 2.66 bits per heavy atom. The second kappa shape index (κ2) is 10.2. The zero-order chi connectivity index (χ0) is 22.3. The molecule has 0 atom stereocenters. The SMILES string of the molecule is CCOCCOCc1cccc(NC(=O)c2cc(-c3ccccc3)nc3onc(C)c23)c1. The Balaban J connectivity index is 1.56. The first-order valence-electron chi connectivity index (χ1n) is 10.5. The third-order valence-corrected chi connectivity index (χ3v) is 4.96. The standard InChI is InChI=1S/C25H25N3O4/c1-3-30-12-13-31-16-18-8-7-11-20(14-18)26-24(29)21-15-22(19-9-5-4-6-10-19)27-25-23(21)17(2)28-32-25/h4-11,14-15H,3,12-13,16H2,1-2H3,(H,26,29). The molecule has 0 aliphatic carbocycles. The molecular formula is C25H25N3O4. The van der Waals surface area contributed by atoms with Gasteiger partial charge >= 0.3 is 0 Å². The summed E-state index contributed by atoms with van der Waals surface area (Å²) in [5, 5.41) is 7.60. The largest absolute Gasteiger partial charge is 0.379 e. The number of nitrogens with zero attached hydrogens (tertiary/aromatic N) is 2. The van der Waals surface area contributed by atoms with Crippen LogP contribution in [0.4, 0.5) is 5.69 Å². The van der Waals surface area contributed by atoms with E-state index in [-0.39, 0.29) is 5.91 Å². The van der Waals surface area contributed by atoms with Crippen molar-refractivity contribution in [1.29, 1.82) is 0 Å². The van der Waals surface area contributed by atoms with Crippen molar-refractivity contribution >= 4 is 22.7 Å². The summed E-state index contributed by atoms with van der Waals surface area (Å²) >= 11 is 0. The Kier molecular flexibility index (Phi) is 6.89. The number of aromatic nitrogens is 2. The van der Waals surface area contributed by atoms with Crippen LogP contribution in [0.5, 0.6) is 0 Å². The summed E-state index contributed by atoms with van der Waals surface area (Å²) in [5.41, 5.74) is 4.61. The lowest BCUT2D eigenvalue weighted by molar-refractivity contribution is 0.0453. The van der Waals surface area contributed by atoms with E-state index in [1.807, 2.05) is 61.5 Å². The number of benzene rings is 2. The predicted octanol–water partition coefficient (Wildman–Crippen LogP) is 5.00. The summed E-state index contributed by atoms with van der Waals surface area (Å²) < 4.78 is 16.3. The highest BCUT2D eigenvalue weighted by Crippen LogP contribution is 2.27. The van der Waals surface area contributed by atoms with Crippen LogP contribution in [0.1, 0.15) is 28.5 Å². The molecule has 7 heteroatoms. The van der Waals surface area contributed by atoms with Gasteiger partial charge in [-0.1, -0.05) is 47.6 Å². The van der Waals surface area contributed by atoms with Gasteiger partial charge in [-0.2, -0.15) is 0 Å². The first-order chi connectivity index (χ1) is 15.7. The minimum Gasteiger partial charge on any atom is -0.379 e. The Hall–Kier alpha value is -3.55. The van der Waals surface area contributed by atoms with Crippen LogP contribution >= 0.6 is 0 Å². The highest BCUT2D eigenvalue weighted by atomic mass is 16.5. The van der Waals surface area contributed by atoms with E-state index in [1.54, 1.807) is 13.0 Å². The molecule has 1 amide bonds. The maximum absolute atomic E-state index is 13.2. The number of carbonyl (C=O) groups excluding carboxylic acids is 1. The molecule has 164 valence electrons. The molecule has 0 bridgehead atoms. The minimum absolute atomic E-state index is 0.254. The van der Waals surface area contributed by atoms with E-state index in [0.717, 1.165) is 11.1 Å². The summed E-state index contributed by atoms with van der Waals surface area (Å²) in [6.45, 7) is 5.95. The van der Waals surface area contributed by atoms with Crippen molar-refractivity contribution in [2.45, 2.75) is 20.5 Å². The van der Waals surface area contributed by atoms with Gasteiger partial charge in [-0.3, -0.25) is 4.79 Å². The number of hydrogen-bond acceptors (Lipinski definition) is 6. The van der Waals surface area contributed by atoms with Crippen molar-refractivity contribution in [3.63, 3.8) is 0 Å². The molecular weight excluding hydrogens is 406 g/mol. The van der Waals surface area contributed by atoms with Gasteiger partial charge < -0.3 is 19.3 Å². The van der Waals surface area contributed by atoms with Crippen molar-refractivity contribution in [1.82, 2.24) is 10.1 Å². The topological polar surface area (TPSA) is 86.5 Å². The zero-order valence-corrected chi connectivity index (χ0v) is 18.1. The van der Waals surface area contributed by atoms with E-state index in [0.29, 0.717) is 60.2 Å². The Morgan fingerprint density at radius 2 is 1.84 bits per heavy atom.